The number of carbonyl (C=O) groups excluding carboxylic acids is 1. The molecule has 1 aliphatic rings. The molecule has 0 aromatic heterocycles. The van der Waals surface area contributed by atoms with Crippen molar-refractivity contribution in [3.05, 3.63) is 51.8 Å². The Morgan fingerprint density at radius 1 is 1.29 bits per heavy atom. The monoisotopic (exact) mass is 349 g/mol. The van der Waals surface area contributed by atoms with Crippen LogP contribution in [0.25, 0.3) is 0 Å². The van der Waals surface area contributed by atoms with Gasteiger partial charge in [-0.3, -0.25) is 0 Å². The van der Waals surface area contributed by atoms with Gasteiger partial charge in [0.2, 0.25) is 0 Å². The Hall–Kier alpha value is -1.94. The molecule has 1 aromatic rings. The topological polar surface area (TPSA) is 38.8 Å². The van der Waals surface area contributed by atoms with Crippen LogP contribution in [-0.4, -0.2) is 31.1 Å². The zero-order valence-electron chi connectivity index (χ0n) is 14.9. The molecular weight excluding hydrogens is 326 g/mol. The zero-order valence-corrected chi connectivity index (χ0v) is 15.6. The number of rotatable bonds is 5. The molecule has 1 atom stereocenters. The van der Waals surface area contributed by atoms with Crippen LogP contribution in [0.1, 0.15) is 39.2 Å². The highest BCUT2D eigenvalue weighted by Gasteiger charge is 2.32. The molecule has 130 valence electrons. The van der Waals surface area contributed by atoms with Crippen LogP contribution in [0.3, 0.4) is 0 Å². The minimum absolute atomic E-state index is 0.231. The fourth-order valence-electron chi connectivity index (χ4n) is 3.15. The Morgan fingerprint density at radius 3 is 2.54 bits per heavy atom. The van der Waals surface area contributed by atoms with E-state index in [9.17, 15) is 4.79 Å². The van der Waals surface area contributed by atoms with Gasteiger partial charge in [0, 0.05) is 28.9 Å². The second kappa shape index (κ2) is 7.75. The molecule has 0 aliphatic carbocycles. The Balaban J connectivity index is 2.56. The molecule has 2 rings (SSSR count). The van der Waals surface area contributed by atoms with Gasteiger partial charge in [-0.15, -0.1) is 0 Å². The first-order chi connectivity index (χ1) is 11.4. The quantitative estimate of drug-likeness (QED) is 0.733. The number of nitrogens with zero attached hydrogens (tertiary/aromatic N) is 1. The summed E-state index contributed by atoms with van der Waals surface area (Å²) in [5.74, 6) is 0.160. The van der Waals surface area contributed by atoms with Gasteiger partial charge in [0.1, 0.15) is 5.75 Å². The van der Waals surface area contributed by atoms with Crippen LogP contribution in [0.2, 0.25) is 5.02 Å². The molecular formula is C19H24ClNO3. The predicted molar refractivity (Wildman–Crippen MR) is 96.2 cm³/mol. The van der Waals surface area contributed by atoms with Crippen LogP contribution < -0.4 is 4.74 Å². The lowest BCUT2D eigenvalue weighted by Crippen LogP contribution is -2.29. The molecule has 1 heterocycles. The molecule has 1 unspecified atom stereocenters. The summed E-state index contributed by atoms with van der Waals surface area (Å²) in [7, 11) is 1.60. The molecule has 0 fully saturated rings. The Labute approximate surface area is 148 Å². The van der Waals surface area contributed by atoms with Crippen molar-refractivity contribution in [2.45, 2.75) is 33.6 Å². The summed E-state index contributed by atoms with van der Waals surface area (Å²) < 4.78 is 10.5. The smallest absolute Gasteiger partial charge is 0.336 e. The number of halogens is 1. The van der Waals surface area contributed by atoms with Crippen LogP contribution in [0.15, 0.2) is 41.2 Å². The lowest BCUT2D eigenvalue weighted by Gasteiger charge is -2.34. The molecule has 0 amide bonds. The maximum Gasteiger partial charge on any atom is 0.336 e. The second-order valence-electron chi connectivity index (χ2n) is 5.64. The van der Waals surface area contributed by atoms with Gasteiger partial charge in [0.15, 0.2) is 0 Å². The molecule has 0 radical (unpaired) electrons. The summed E-state index contributed by atoms with van der Waals surface area (Å²) in [4.78, 5) is 14.7. The number of carbonyl (C=O) groups is 1. The van der Waals surface area contributed by atoms with E-state index < -0.39 is 0 Å². The van der Waals surface area contributed by atoms with Gasteiger partial charge in [-0.25, -0.2) is 4.79 Å². The van der Waals surface area contributed by atoms with E-state index in [-0.39, 0.29) is 11.9 Å². The first-order valence-electron chi connectivity index (χ1n) is 8.11. The number of ether oxygens (including phenoxy) is 2. The van der Waals surface area contributed by atoms with E-state index in [1.807, 2.05) is 32.9 Å². The first-order valence-corrected chi connectivity index (χ1v) is 8.49. The molecule has 1 aromatic carbocycles. The summed E-state index contributed by atoms with van der Waals surface area (Å²) >= 11 is 6.46. The second-order valence-corrected chi connectivity index (χ2v) is 6.04. The summed E-state index contributed by atoms with van der Waals surface area (Å²) in [6.07, 6.45) is 2.07. The van der Waals surface area contributed by atoms with E-state index in [0.29, 0.717) is 23.0 Å². The third-order valence-electron chi connectivity index (χ3n) is 4.29. The standard InChI is InChI=1S/C19H24ClNO3/c1-6-21-12(3)10-16(18(13(21)4)19(22)24-7-2)15-9-8-14(23-5)11-17(15)20/h8-11,16H,6-7H2,1-5H3. The van der Waals surface area contributed by atoms with Crippen LogP contribution in [0.5, 0.6) is 5.75 Å². The van der Waals surface area contributed by atoms with Gasteiger partial charge in [-0.05, 0) is 45.4 Å². The molecule has 0 N–H and O–H groups in total. The fourth-order valence-corrected chi connectivity index (χ4v) is 3.44. The van der Waals surface area contributed by atoms with Gasteiger partial charge >= 0.3 is 5.97 Å². The van der Waals surface area contributed by atoms with Gasteiger partial charge in [0.25, 0.3) is 0 Å². The number of benzene rings is 1. The average Bonchev–Trinajstić information content (AvgIpc) is 2.54. The van der Waals surface area contributed by atoms with E-state index >= 15 is 0 Å². The summed E-state index contributed by atoms with van der Waals surface area (Å²) in [5, 5.41) is 0.572. The summed E-state index contributed by atoms with van der Waals surface area (Å²) in [6, 6.07) is 5.53. The van der Waals surface area contributed by atoms with Crippen molar-refractivity contribution in [2.75, 3.05) is 20.3 Å². The summed E-state index contributed by atoms with van der Waals surface area (Å²) in [6.45, 7) is 9.00. The molecule has 1 aliphatic heterocycles. The lowest BCUT2D eigenvalue weighted by atomic mass is 9.86. The van der Waals surface area contributed by atoms with Crippen molar-refractivity contribution in [2.24, 2.45) is 0 Å². The van der Waals surface area contributed by atoms with Gasteiger partial charge < -0.3 is 14.4 Å². The lowest BCUT2D eigenvalue weighted by molar-refractivity contribution is -0.138. The highest BCUT2D eigenvalue weighted by molar-refractivity contribution is 6.31. The average molecular weight is 350 g/mol. The van der Waals surface area contributed by atoms with E-state index in [4.69, 9.17) is 21.1 Å². The van der Waals surface area contributed by atoms with Crippen molar-refractivity contribution in [3.8, 4) is 5.75 Å². The predicted octanol–water partition coefficient (Wildman–Crippen LogP) is 4.51. The molecule has 24 heavy (non-hydrogen) atoms. The Morgan fingerprint density at radius 2 is 2.00 bits per heavy atom. The van der Waals surface area contributed by atoms with E-state index in [1.165, 1.54) is 0 Å². The molecule has 0 spiro atoms. The van der Waals surface area contributed by atoms with Gasteiger partial charge in [-0.1, -0.05) is 23.7 Å². The fraction of sp³-hybridized carbons (Fsp3) is 0.421. The normalized spacial score (nSPS) is 17.7. The maximum atomic E-state index is 12.6. The highest BCUT2D eigenvalue weighted by atomic mass is 35.5. The van der Waals surface area contributed by atoms with E-state index in [2.05, 4.69) is 17.9 Å². The van der Waals surface area contributed by atoms with Crippen LogP contribution >= 0.6 is 11.6 Å². The van der Waals surface area contributed by atoms with Crippen LogP contribution in [0.4, 0.5) is 0 Å². The number of esters is 1. The largest absolute Gasteiger partial charge is 0.497 e. The van der Waals surface area contributed by atoms with Crippen molar-refractivity contribution in [3.63, 3.8) is 0 Å². The molecule has 5 heteroatoms. The number of allylic oxidation sites excluding steroid dienone is 3. The summed E-state index contributed by atoms with van der Waals surface area (Å²) in [5.41, 5.74) is 3.51. The van der Waals surface area contributed by atoms with Crippen molar-refractivity contribution < 1.29 is 14.3 Å². The van der Waals surface area contributed by atoms with Gasteiger partial charge in [-0.2, -0.15) is 0 Å². The minimum atomic E-state index is -0.297. The van der Waals surface area contributed by atoms with Crippen molar-refractivity contribution >= 4 is 17.6 Å². The third kappa shape index (κ3) is 3.44. The number of methoxy groups -OCH3 is 1. The SMILES string of the molecule is CCOC(=O)C1=C(C)N(CC)C(C)=CC1c1ccc(OC)cc1Cl. The van der Waals surface area contributed by atoms with Crippen molar-refractivity contribution in [1.29, 1.82) is 0 Å². The number of hydrogen-bond acceptors (Lipinski definition) is 4. The van der Waals surface area contributed by atoms with E-state index in [1.54, 1.807) is 13.2 Å². The molecule has 0 saturated heterocycles. The minimum Gasteiger partial charge on any atom is -0.497 e. The Bertz CT molecular complexity index is 694. The van der Waals surface area contributed by atoms with Crippen LogP contribution in [0, 0.1) is 0 Å². The molecule has 0 saturated carbocycles. The highest BCUT2D eigenvalue weighted by Crippen LogP contribution is 2.40. The third-order valence-corrected chi connectivity index (χ3v) is 4.62. The Kier molecular flexibility index (Phi) is 5.94. The molecule has 4 nitrogen and oxygen atoms in total. The number of hydrogen-bond donors (Lipinski definition) is 0. The zero-order chi connectivity index (χ0) is 17.9. The van der Waals surface area contributed by atoms with Crippen LogP contribution in [-0.2, 0) is 9.53 Å². The van der Waals surface area contributed by atoms with Crippen molar-refractivity contribution in [1.82, 2.24) is 4.90 Å². The molecule has 0 bridgehead atoms. The first kappa shape index (κ1) is 18.4. The van der Waals surface area contributed by atoms with Gasteiger partial charge in [0.05, 0.1) is 19.3 Å². The van der Waals surface area contributed by atoms with E-state index in [0.717, 1.165) is 23.5 Å². The maximum absolute atomic E-state index is 12.6.